The first kappa shape index (κ1) is 17.7. The fraction of sp³-hybridized carbons (Fsp3) is 0.353. The molecule has 1 aliphatic rings. The number of carbonyl (C=O) groups is 2. The van der Waals surface area contributed by atoms with E-state index in [1.807, 2.05) is 19.9 Å². The minimum Gasteiger partial charge on any atom is -0.488 e. The number of thiazole rings is 1. The molecule has 1 aliphatic heterocycles. The summed E-state index contributed by atoms with van der Waals surface area (Å²) in [6, 6.07) is 5.34. The second-order valence-electron chi connectivity index (χ2n) is 5.95. The smallest absolute Gasteiger partial charge is 0.233 e. The summed E-state index contributed by atoms with van der Waals surface area (Å²) >= 11 is 7.45. The van der Waals surface area contributed by atoms with Crippen molar-refractivity contribution in [3.8, 4) is 5.75 Å². The Labute approximate surface area is 154 Å². The normalized spacial score (nSPS) is 13.4. The van der Waals surface area contributed by atoms with Gasteiger partial charge in [-0.1, -0.05) is 31.5 Å². The molecule has 0 saturated heterocycles. The van der Waals surface area contributed by atoms with Crippen LogP contribution >= 0.6 is 22.9 Å². The van der Waals surface area contributed by atoms with Gasteiger partial charge in [-0.25, -0.2) is 4.98 Å². The van der Waals surface area contributed by atoms with E-state index in [1.54, 1.807) is 22.4 Å². The molecule has 0 aliphatic carbocycles. The van der Waals surface area contributed by atoms with E-state index in [9.17, 15) is 9.59 Å². The van der Waals surface area contributed by atoms with Gasteiger partial charge in [0.2, 0.25) is 11.8 Å². The Balaban J connectivity index is 1.71. The van der Waals surface area contributed by atoms with Crippen LogP contribution in [0.1, 0.15) is 19.5 Å². The molecule has 2 aromatic rings. The molecular weight excluding hydrogens is 362 g/mol. The van der Waals surface area contributed by atoms with Crippen LogP contribution in [0.2, 0.25) is 5.02 Å². The van der Waals surface area contributed by atoms with Crippen LogP contribution in [-0.2, 0) is 16.0 Å². The first-order valence-corrected chi connectivity index (χ1v) is 9.18. The minimum absolute atomic E-state index is 0.0844. The van der Waals surface area contributed by atoms with Crippen LogP contribution in [0.4, 0.5) is 10.8 Å². The Kier molecular flexibility index (Phi) is 5.24. The van der Waals surface area contributed by atoms with Crippen molar-refractivity contribution in [2.75, 3.05) is 23.4 Å². The van der Waals surface area contributed by atoms with Gasteiger partial charge in [-0.3, -0.25) is 9.59 Å². The van der Waals surface area contributed by atoms with E-state index in [-0.39, 0.29) is 24.2 Å². The Morgan fingerprint density at radius 1 is 1.44 bits per heavy atom. The third-order valence-electron chi connectivity index (χ3n) is 3.74. The number of ether oxygens (including phenoxy) is 1. The first-order valence-electron chi connectivity index (χ1n) is 7.92. The highest BCUT2D eigenvalue weighted by molar-refractivity contribution is 7.13. The summed E-state index contributed by atoms with van der Waals surface area (Å²) in [4.78, 5) is 30.4. The van der Waals surface area contributed by atoms with Crippen molar-refractivity contribution >= 4 is 45.6 Å². The van der Waals surface area contributed by atoms with Crippen molar-refractivity contribution in [1.29, 1.82) is 0 Å². The molecule has 0 spiro atoms. The van der Waals surface area contributed by atoms with Gasteiger partial charge in [0.15, 0.2) is 10.9 Å². The number of rotatable bonds is 4. The van der Waals surface area contributed by atoms with Crippen molar-refractivity contribution in [2.45, 2.75) is 20.3 Å². The molecule has 0 fully saturated rings. The number of aromatic nitrogens is 1. The summed E-state index contributed by atoms with van der Waals surface area (Å²) in [5, 5.41) is 5.52. The summed E-state index contributed by atoms with van der Waals surface area (Å²) in [6.45, 7) is 4.49. The van der Waals surface area contributed by atoms with Crippen molar-refractivity contribution in [2.24, 2.45) is 5.92 Å². The maximum Gasteiger partial charge on any atom is 0.233 e. The number of benzene rings is 1. The van der Waals surface area contributed by atoms with Crippen LogP contribution in [0.15, 0.2) is 23.6 Å². The molecule has 25 heavy (non-hydrogen) atoms. The third kappa shape index (κ3) is 3.93. The molecule has 1 N–H and O–H groups in total. The van der Waals surface area contributed by atoms with E-state index >= 15 is 0 Å². The molecule has 0 bridgehead atoms. The number of fused-ring (bicyclic) bond motifs is 1. The zero-order chi connectivity index (χ0) is 18.0. The summed E-state index contributed by atoms with van der Waals surface area (Å²) in [5.41, 5.74) is 1.30. The van der Waals surface area contributed by atoms with Crippen molar-refractivity contribution in [1.82, 2.24) is 4.98 Å². The number of para-hydroxylation sites is 1. The topological polar surface area (TPSA) is 71.5 Å². The maximum atomic E-state index is 12.7. The van der Waals surface area contributed by atoms with Crippen molar-refractivity contribution < 1.29 is 14.3 Å². The zero-order valence-corrected chi connectivity index (χ0v) is 15.5. The monoisotopic (exact) mass is 379 g/mol. The fourth-order valence-corrected chi connectivity index (χ4v) is 3.35. The van der Waals surface area contributed by atoms with Crippen LogP contribution < -0.4 is 15.0 Å². The third-order valence-corrected chi connectivity index (χ3v) is 4.84. The number of nitrogens with zero attached hydrogens (tertiary/aromatic N) is 2. The van der Waals surface area contributed by atoms with Gasteiger partial charge < -0.3 is 15.0 Å². The lowest BCUT2D eigenvalue weighted by Crippen LogP contribution is -2.39. The van der Waals surface area contributed by atoms with Crippen molar-refractivity contribution in [3.05, 3.63) is 34.3 Å². The molecule has 132 valence electrons. The molecule has 2 amide bonds. The van der Waals surface area contributed by atoms with Gasteiger partial charge in [-0.2, -0.15) is 0 Å². The van der Waals surface area contributed by atoms with Crippen LogP contribution in [0.5, 0.6) is 5.75 Å². The Morgan fingerprint density at radius 3 is 3.00 bits per heavy atom. The molecule has 1 aromatic heterocycles. The second kappa shape index (κ2) is 7.41. The number of halogens is 1. The average molecular weight is 380 g/mol. The summed E-state index contributed by atoms with van der Waals surface area (Å²) in [7, 11) is 0. The molecule has 0 saturated carbocycles. The molecule has 1 aromatic carbocycles. The molecular formula is C17H18ClN3O3S. The minimum atomic E-state index is -0.122. The highest BCUT2D eigenvalue weighted by atomic mass is 35.5. The van der Waals surface area contributed by atoms with Gasteiger partial charge in [0, 0.05) is 11.3 Å². The predicted molar refractivity (Wildman–Crippen MR) is 98.6 cm³/mol. The molecule has 8 heteroatoms. The number of hydrogen-bond acceptors (Lipinski definition) is 5. The lowest BCUT2D eigenvalue weighted by Gasteiger charge is -2.29. The van der Waals surface area contributed by atoms with Gasteiger partial charge in [0.25, 0.3) is 0 Å². The Bertz CT molecular complexity index is 806. The molecule has 6 nitrogen and oxygen atoms in total. The summed E-state index contributed by atoms with van der Waals surface area (Å²) < 4.78 is 5.57. The van der Waals surface area contributed by atoms with E-state index < -0.39 is 0 Å². The van der Waals surface area contributed by atoms with Gasteiger partial charge in [-0.15, -0.1) is 11.3 Å². The first-order chi connectivity index (χ1) is 12.0. The lowest BCUT2D eigenvalue weighted by atomic mass is 10.2. The van der Waals surface area contributed by atoms with E-state index in [4.69, 9.17) is 16.3 Å². The average Bonchev–Trinajstić information content (AvgIpc) is 3.01. The Morgan fingerprint density at radius 2 is 2.24 bits per heavy atom. The maximum absolute atomic E-state index is 12.7. The highest BCUT2D eigenvalue weighted by Gasteiger charge is 2.25. The number of carbonyl (C=O) groups excluding carboxylic acids is 2. The van der Waals surface area contributed by atoms with Crippen LogP contribution in [-0.4, -0.2) is 29.9 Å². The van der Waals surface area contributed by atoms with Gasteiger partial charge in [0.1, 0.15) is 6.61 Å². The quantitative estimate of drug-likeness (QED) is 0.884. The van der Waals surface area contributed by atoms with Gasteiger partial charge >= 0.3 is 0 Å². The van der Waals surface area contributed by atoms with E-state index in [0.29, 0.717) is 40.4 Å². The molecule has 2 heterocycles. The predicted octanol–water partition coefficient (Wildman–Crippen LogP) is 3.36. The molecule has 0 unspecified atom stereocenters. The van der Waals surface area contributed by atoms with E-state index in [2.05, 4.69) is 10.3 Å². The van der Waals surface area contributed by atoms with E-state index in [0.717, 1.165) is 0 Å². The molecule has 0 atom stereocenters. The lowest BCUT2D eigenvalue weighted by molar-refractivity contribution is -0.119. The van der Waals surface area contributed by atoms with Crippen LogP contribution in [0.3, 0.4) is 0 Å². The number of nitrogens with one attached hydrogen (secondary N) is 1. The standard InChI is InChI=1S/C17H18ClN3O3S/c1-10(2)16(23)20-17-19-11(9-25-17)8-14(22)21-6-7-24-15-12(18)4-3-5-13(15)21/h3-5,9-10H,6-8H2,1-2H3,(H,19,20,23). The number of amides is 2. The molecule has 3 rings (SSSR count). The SMILES string of the molecule is CC(C)C(=O)Nc1nc(CC(=O)N2CCOc3c(Cl)cccc32)cs1. The van der Waals surface area contributed by atoms with Crippen LogP contribution in [0.25, 0.3) is 0 Å². The summed E-state index contributed by atoms with van der Waals surface area (Å²) in [6.07, 6.45) is 0.153. The summed E-state index contributed by atoms with van der Waals surface area (Å²) in [5.74, 6) is 0.235. The largest absolute Gasteiger partial charge is 0.488 e. The zero-order valence-electron chi connectivity index (χ0n) is 13.9. The van der Waals surface area contributed by atoms with Gasteiger partial charge in [-0.05, 0) is 12.1 Å². The van der Waals surface area contributed by atoms with Crippen molar-refractivity contribution in [3.63, 3.8) is 0 Å². The molecule has 0 radical (unpaired) electrons. The Hall–Kier alpha value is -2.12. The van der Waals surface area contributed by atoms with Crippen LogP contribution in [0, 0.1) is 5.92 Å². The second-order valence-corrected chi connectivity index (χ2v) is 7.21. The number of hydrogen-bond donors (Lipinski definition) is 1. The van der Waals surface area contributed by atoms with E-state index in [1.165, 1.54) is 11.3 Å². The van der Waals surface area contributed by atoms with Gasteiger partial charge in [0.05, 0.1) is 29.4 Å². The fourth-order valence-electron chi connectivity index (χ4n) is 2.42. The highest BCUT2D eigenvalue weighted by Crippen LogP contribution is 2.38. The number of anilines is 2.